The minimum atomic E-state index is 0.0753. The van der Waals surface area contributed by atoms with Crippen molar-refractivity contribution in [3.63, 3.8) is 0 Å². The van der Waals surface area contributed by atoms with Crippen LogP contribution in [0.1, 0.15) is 58.3 Å². The third-order valence-electron chi connectivity index (χ3n) is 4.83. The van der Waals surface area contributed by atoms with Gasteiger partial charge in [0, 0.05) is 25.7 Å². The Kier molecular flexibility index (Phi) is 5.08. The van der Waals surface area contributed by atoms with Crippen molar-refractivity contribution < 1.29 is 9.90 Å². The molecule has 2 fully saturated rings. The van der Waals surface area contributed by atoms with Crippen LogP contribution in [0, 0.1) is 5.41 Å². The highest BCUT2D eigenvalue weighted by atomic mass is 16.3. The van der Waals surface area contributed by atoms with E-state index in [1.165, 1.54) is 32.1 Å². The molecule has 1 unspecified atom stereocenters. The fourth-order valence-electron chi connectivity index (χ4n) is 3.51. The first-order chi connectivity index (χ1) is 9.14. The summed E-state index contributed by atoms with van der Waals surface area (Å²) in [5.74, 6) is 0. The highest BCUT2D eigenvalue weighted by molar-refractivity contribution is 5.74. The number of aliphatic hydroxyl groups excluding tert-OH is 1. The Labute approximate surface area is 116 Å². The second-order valence-corrected chi connectivity index (χ2v) is 6.53. The van der Waals surface area contributed by atoms with Gasteiger partial charge in [0.15, 0.2) is 0 Å². The third-order valence-corrected chi connectivity index (χ3v) is 4.83. The van der Waals surface area contributed by atoms with E-state index in [2.05, 4.69) is 12.2 Å². The molecular weight excluding hydrogens is 240 g/mol. The van der Waals surface area contributed by atoms with Gasteiger partial charge in [-0.15, -0.1) is 0 Å². The van der Waals surface area contributed by atoms with Crippen LogP contribution in [0.25, 0.3) is 0 Å². The van der Waals surface area contributed by atoms with Crippen molar-refractivity contribution in [1.82, 2.24) is 10.2 Å². The smallest absolute Gasteiger partial charge is 0.317 e. The molecule has 4 nitrogen and oxygen atoms in total. The summed E-state index contributed by atoms with van der Waals surface area (Å²) in [5.41, 5.74) is 0.303. The van der Waals surface area contributed by atoms with E-state index in [0.29, 0.717) is 11.8 Å². The predicted molar refractivity (Wildman–Crippen MR) is 76.0 cm³/mol. The summed E-state index contributed by atoms with van der Waals surface area (Å²) < 4.78 is 0. The normalized spacial score (nSPS) is 26.4. The van der Waals surface area contributed by atoms with Crippen molar-refractivity contribution in [3.05, 3.63) is 0 Å². The van der Waals surface area contributed by atoms with Crippen molar-refractivity contribution in [2.24, 2.45) is 5.41 Å². The van der Waals surface area contributed by atoms with E-state index in [1.54, 1.807) is 0 Å². The van der Waals surface area contributed by atoms with Crippen molar-refractivity contribution in [1.29, 1.82) is 0 Å². The number of likely N-dealkylation sites (tertiary alicyclic amines) is 1. The first kappa shape index (κ1) is 14.6. The number of nitrogens with zero attached hydrogens (tertiary/aromatic N) is 1. The molecule has 1 aliphatic heterocycles. The van der Waals surface area contributed by atoms with Crippen molar-refractivity contribution in [2.45, 2.75) is 64.3 Å². The predicted octanol–water partition coefficient (Wildman–Crippen LogP) is 2.51. The van der Waals surface area contributed by atoms with Gasteiger partial charge in [-0.05, 0) is 43.9 Å². The average Bonchev–Trinajstić information content (AvgIpc) is 2.85. The maximum Gasteiger partial charge on any atom is 0.317 e. The van der Waals surface area contributed by atoms with E-state index in [4.69, 9.17) is 5.11 Å². The third kappa shape index (κ3) is 3.85. The first-order valence-corrected chi connectivity index (χ1v) is 7.80. The van der Waals surface area contributed by atoms with Crippen LogP contribution in [0.2, 0.25) is 0 Å². The summed E-state index contributed by atoms with van der Waals surface area (Å²) >= 11 is 0. The molecule has 2 aliphatic rings. The minimum Gasteiger partial charge on any atom is -0.396 e. The van der Waals surface area contributed by atoms with E-state index in [-0.39, 0.29) is 18.7 Å². The van der Waals surface area contributed by atoms with Gasteiger partial charge in [-0.3, -0.25) is 0 Å². The van der Waals surface area contributed by atoms with Crippen LogP contribution in [0.4, 0.5) is 4.79 Å². The molecule has 0 radical (unpaired) electrons. The van der Waals surface area contributed by atoms with Crippen LogP contribution in [0.15, 0.2) is 0 Å². The summed E-state index contributed by atoms with van der Waals surface area (Å²) in [4.78, 5) is 14.3. The Bertz CT molecular complexity index is 299. The van der Waals surface area contributed by atoms with Crippen LogP contribution < -0.4 is 5.32 Å². The van der Waals surface area contributed by atoms with Crippen LogP contribution >= 0.6 is 0 Å². The molecule has 0 spiro atoms. The molecule has 0 aromatic carbocycles. The van der Waals surface area contributed by atoms with Gasteiger partial charge in [-0.2, -0.15) is 0 Å². The Morgan fingerprint density at radius 2 is 2.05 bits per heavy atom. The largest absolute Gasteiger partial charge is 0.396 e. The lowest BCUT2D eigenvalue weighted by Crippen LogP contribution is -2.50. The van der Waals surface area contributed by atoms with Gasteiger partial charge in [-0.1, -0.05) is 19.8 Å². The summed E-state index contributed by atoms with van der Waals surface area (Å²) in [6.45, 7) is 4.09. The SMILES string of the molecule is CC1(CNC(=O)N2CCCCC2CCO)CCCC1. The number of carbonyl (C=O) groups is 1. The number of urea groups is 1. The van der Waals surface area contributed by atoms with Crippen molar-refractivity contribution in [2.75, 3.05) is 19.7 Å². The van der Waals surface area contributed by atoms with Gasteiger partial charge in [0.25, 0.3) is 0 Å². The average molecular weight is 268 g/mol. The number of amides is 2. The van der Waals surface area contributed by atoms with Gasteiger partial charge >= 0.3 is 6.03 Å². The topological polar surface area (TPSA) is 52.6 Å². The molecule has 1 heterocycles. The van der Waals surface area contributed by atoms with Crippen LogP contribution in [0.5, 0.6) is 0 Å². The van der Waals surface area contributed by atoms with Gasteiger partial charge in [0.2, 0.25) is 0 Å². The lowest BCUT2D eigenvalue weighted by atomic mass is 9.89. The van der Waals surface area contributed by atoms with E-state index in [0.717, 1.165) is 25.9 Å². The van der Waals surface area contributed by atoms with Crippen LogP contribution in [-0.2, 0) is 0 Å². The van der Waals surface area contributed by atoms with E-state index < -0.39 is 0 Å². The maximum absolute atomic E-state index is 12.3. The van der Waals surface area contributed by atoms with Gasteiger partial charge < -0.3 is 15.3 Å². The lowest BCUT2D eigenvalue weighted by molar-refractivity contribution is 0.128. The fraction of sp³-hybridized carbons (Fsp3) is 0.933. The molecule has 1 atom stereocenters. The zero-order valence-corrected chi connectivity index (χ0v) is 12.2. The summed E-state index contributed by atoms with van der Waals surface area (Å²) in [5, 5.41) is 12.2. The molecule has 110 valence electrons. The molecular formula is C15H28N2O2. The Morgan fingerprint density at radius 3 is 2.74 bits per heavy atom. The zero-order valence-electron chi connectivity index (χ0n) is 12.2. The van der Waals surface area contributed by atoms with Crippen molar-refractivity contribution >= 4 is 6.03 Å². The first-order valence-electron chi connectivity index (χ1n) is 7.80. The summed E-state index contributed by atoms with van der Waals surface area (Å²) in [7, 11) is 0. The Morgan fingerprint density at radius 1 is 1.32 bits per heavy atom. The summed E-state index contributed by atoms with van der Waals surface area (Å²) in [6.07, 6.45) is 9.06. The second kappa shape index (κ2) is 6.60. The van der Waals surface area contributed by atoms with E-state index in [1.807, 2.05) is 4.90 Å². The number of carbonyl (C=O) groups excluding carboxylic acids is 1. The van der Waals surface area contributed by atoms with Crippen LogP contribution in [-0.4, -0.2) is 41.8 Å². The number of hydrogen-bond donors (Lipinski definition) is 2. The van der Waals surface area contributed by atoms with Gasteiger partial charge in [-0.25, -0.2) is 4.79 Å². The molecule has 2 rings (SSSR count). The van der Waals surface area contributed by atoms with Crippen LogP contribution in [0.3, 0.4) is 0 Å². The molecule has 0 aromatic heterocycles. The highest BCUT2D eigenvalue weighted by Crippen LogP contribution is 2.36. The molecule has 0 bridgehead atoms. The molecule has 1 saturated heterocycles. The number of hydrogen-bond acceptors (Lipinski definition) is 2. The minimum absolute atomic E-state index is 0.0753. The van der Waals surface area contributed by atoms with Gasteiger partial charge in [0.1, 0.15) is 0 Å². The molecule has 4 heteroatoms. The van der Waals surface area contributed by atoms with E-state index >= 15 is 0 Å². The molecule has 19 heavy (non-hydrogen) atoms. The Hall–Kier alpha value is -0.770. The zero-order chi connectivity index (χ0) is 13.7. The lowest BCUT2D eigenvalue weighted by Gasteiger charge is -2.36. The van der Waals surface area contributed by atoms with Crippen molar-refractivity contribution in [3.8, 4) is 0 Å². The van der Waals surface area contributed by atoms with Gasteiger partial charge in [0.05, 0.1) is 0 Å². The number of piperidine rings is 1. The quantitative estimate of drug-likeness (QED) is 0.823. The molecule has 1 saturated carbocycles. The van der Waals surface area contributed by atoms with E-state index in [9.17, 15) is 4.79 Å². The number of rotatable bonds is 4. The maximum atomic E-state index is 12.3. The molecule has 2 N–H and O–H groups in total. The standard InChI is InChI=1S/C15H28N2O2/c1-15(8-3-4-9-15)12-16-14(19)17-10-5-2-6-13(17)7-11-18/h13,18H,2-12H2,1H3,(H,16,19). The fourth-order valence-corrected chi connectivity index (χ4v) is 3.51. The number of nitrogens with one attached hydrogen (secondary N) is 1. The molecule has 0 aromatic rings. The molecule has 1 aliphatic carbocycles. The summed E-state index contributed by atoms with van der Waals surface area (Å²) in [6, 6.07) is 0.307. The highest BCUT2D eigenvalue weighted by Gasteiger charge is 2.31. The number of aliphatic hydroxyl groups is 1. The Balaban J connectivity index is 1.83. The monoisotopic (exact) mass is 268 g/mol. The second-order valence-electron chi connectivity index (χ2n) is 6.53. The molecule has 2 amide bonds.